The van der Waals surface area contributed by atoms with Crippen molar-refractivity contribution in [2.24, 2.45) is 0 Å². The van der Waals surface area contributed by atoms with Crippen molar-refractivity contribution in [3.63, 3.8) is 0 Å². The minimum absolute atomic E-state index is 0.0934. The fourth-order valence-electron chi connectivity index (χ4n) is 1.37. The molecule has 0 spiro atoms. The van der Waals surface area contributed by atoms with Crippen molar-refractivity contribution in [1.82, 2.24) is 10.6 Å². The van der Waals surface area contributed by atoms with E-state index in [9.17, 15) is 9.90 Å². The van der Waals surface area contributed by atoms with Crippen LogP contribution in [0.1, 0.15) is 32.6 Å². The van der Waals surface area contributed by atoms with Crippen LogP contribution in [0.4, 0.5) is 0 Å². The summed E-state index contributed by atoms with van der Waals surface area (Å²) in [6.07, 6.45) is 0.776. The normalized spacial score (nSPS) is 13.4. The van der Waals surface area contributed by atoms with Crippen molar-refractivity contribution in [2.75, 3.05) is 13.1 Å². The summed E-state index contributed by atoms with van der Waals surface area (Å²) in [6.45, 7) is 6.22. The van der Waals surface area contributed by atoms with Crippen LogP contribution >= 0.6 is 0 Å². The van der Waals surface area contributed by atoms with E-state index in [1.165, 1.54) is 6.26 Å². The van der Waals surface area contributed by atoms with Crippen LogP contribution < -0.4 is 10.6 Å². The number of amides is 1. The first kappa shape index (κ1) is 13.7. The molecule has 1 rings (SSSR count). The van der Waals surface area contributed by atoms with Gasteiger partial charge in [0.2, 0.25) is 5.91 Å². The third kappa shape index (κ3) is 5.51. The molecule has 1 atom stereocenters. The molecule has 1 heterocycles. The van der Waals surface area contributed by atoms with Crippen LogP contribution in [0, 0.1) is 0 Å². The van der Waals surface area contributed by atoms with Gasteiger partial charge in [-0.25, -0.2) is 0 Å². The number of nitrogens with one attached hydrogen (secondary N) is 2. The molecule has 0 fully saturated rings. The third-order valence-electron chi connectivity index (χ3n) is 2.01. The van der Waals surface area contributed by atoms with Gasteiger partial charge in [0.25, 0.3) is 0 Å². The van der Waals surface area contributed by atoms with Crippen LogP contribution in [0.5, 0.6) is 0 Å². The Labute approximate surface area is 101 Å². The van der Waals surface area contributed by atoms with Gasteiger partial charge in [0, 0.05) is 12.1 Å². The van der Waals surface area contributed by atoms with Crippen molar-refractivity contribution in [2.45, 2.75) is 32.4 Å². The molecule has 0 saturated carbocycles. The molecule has 17 heavy (non-hydrogen) atoms. The molecule has 3 N–H and O–H groups in total. The fraction of sp³-hybridized carbons (Fsp3) is 0.583. The SMILES string of the molecule is CC(C)(C)NC(=O)CNCC(O)c1ccco1. The summed E-state index contributed by atoms with van der Waals surface area (Å²) in [5.41, 5.74) is -0.238. The van der Waals surface area contributed by atoms with Crippen LogP contribution in [0.3, 0.4) is 0 Å². The molecule has 1 aromatic heterocycles. The van der Waals surface area contributed by atoms with Gasteiger partial charge in [0.1, 0.15) is 11.9 Å². The van der Waals surface area contributed by atoms with Gasteiger partial charge in [-0.05, 0) is 32.9 Å². The molecule has 0 bridgehead atoms. The highest BCUT2D eigenvalue weighted by atomic mass is 16.4. The zero-order valence-corrected chi connectivity index (χ0v) is 10.5. The van der Waals surface area contributed by atoms with Crippen molar-refractivity contribution < 1.29 is 14.3 Å². The lowest BCUT2D eigenvalue weighted by Gasteiger charge is -2.20. The Morgan fingerprint density at radius 2 is 2.24 bits per heavy atom. The molecule has 0 aromatic carbocycles. The largest absolute Gasteiger partial charge is 0.467 e. The molecule has 0 aliphatic heterocycles. The average Bonchev–Trinajstić information content (AvgIpc) is 2.66. The molecular weight excluding hydrogens is 220 g/mol. The number of carbonyl (C=O) groups excluding carboxylic acids is 1. The van der Waals surface area contributed by atoms with E-state index in [2.05, 4.69) is 10.6 Å². The molecule has 5 nitrogen and oxygen atoms in total. The van der Waals surface area contributed by atoms with Gasteiger partial charge < -0.3 is 20.2 Å². The predicted octanol–water partition coefficient (Wildman–Crippen LogP) is 0.817. The number of furan rings is 1. The lowest BCUT2D eigenvalue weighted by Crippen LogP contribution is -2.45. The number of hydrogen-bond acceptors (Lipinski definition) is 4. The van der Waals surface area contributed by atoms with Crippen LogP contribution in [0.15, 0.2) is 22.8 Å². The van der Waals surface area contributed by atoms with Gasteiger partial charge >= 0.3 is 0 Å². The Hall–Kier alpha value is -1.33. The Morgan fingerprint density at radius 3 is 2.76 bits per heavy atom. The van der Waals surface area contributed by atoms with Crippen LogP contribution in [-0.4, -0.2) is 29.6 Å². The molecule has 0 aliphatic carbocycles. The molecule has 1 amide bonds. The number of rotatable bonds is 5. The first-order valence-electron chi connectivity index (χ1n) is 5.62. The van der Waals surface area contributed by atoms with Gasteiger partial charge in [-0.2, -0.15) is 0 Å². The maximum atomic E-state index is 11.4. The van der Waals surface area contributed by atoms with E-state index in [4.69, 9.17) is 4.42 Å². The van der Waals surface area contributed by atoms with E-state index in [1.807, 2.05) is 20.8 Å². The number of aliphatic hydroxyl groups is 1. The van der Waals surface area contributed by atoms with E-state index in [-0.39, 0.29) is 24.5 Å². The lowest BCUT2D eigenvalue weighted by molar-refractivity contribution is -0.121. The lowest BCUT2D eigenvalue weighted by atomic mass is 10.1. The Kier molecular flexibility index (Phi) is 4.72. The molecule has 96 valence electrons. The highest BCUT2D eigenvalue weighted by Crippen LogP contribution is 2.11. The summed E-state index contributed by atoms with van der Waals surface area (Å²) in [5, 5.41) is 15.4. The second-order valence-corrected chi connectivity index (χ2v) is 4.96. The summed E-state index contributed by atoms with van der Waals surface area (Å²) >= 11 is 0. The van der Waals surface area contributed by atoms with E-state index in [1.54, 1.807) is 12.1 Å². The summed E-state index contributed by atoms with van der Waals surface area (Å²) < 4.78 is 5.04. The maximum absolute atomic E-state index is 11.4. The number of carbonyl (C=O) groups is 1. The zero-order chi connectivity index (χ0) is 12.9. The molecule has 0 radical (unpaired) electrons. The summed E-state index contributed by atoms with van der Waals surface area (Å²) in [5.74, 6) is 0.401. The minimum Gasteiger partial charge on any atom is -0.467 e. The average molecular weight is 240 g/mol. The van der Waals surface area contributed by atoms with E-state index in [0.29, 0.717) is 5.76 Å². The quantitative estimate of drug-likeness (QED) is 0.712. The van der Waals surface area contributed by atoms with Gasteiger partial charge in [-0.1, -0.05) is 0 Å². The van der Waals surface area contributed by atoms with Gasteiger partial charge in [0.05, 0.1) is 12.8 Å². The van der Waals surface area contributed by atoms with Crippen molar-refractivity contribution in [3.8, 4) is 0 Å². The first-order valence-corrected chi connectivity index (χ1v) is 5.62. The van der Waals surface area contributed by atoms with E-state index >= 15 is 0 Å². The standard InChI is InChI=1S/C12H20N2O3/c1-12(2,3)14-11(16)8-13-7-9(15)10-5-4-6-17-10/h4-6,9,13,15H,7-8H2,1-3H3,(H,14,16). The van der Waals surface area contributed by atoms with Gasteiger partial charge in [-0.15, -0.1) is 0 Å². The highest BCUT2D eigenvalue weighted by molar-refractivity contribution is 5.78. The maximum Gasteiger partial charge on any atom is 0.234 e. The second kappa shape index (κ2) is 5.84. The topological polar surface area (TPSA) is 74.5 Å². The summed E-state index contributed by atoms with van der Waals surface area (Å²) in [4.78, 5) is 11.4. The molecular formula is C12H20N2O3. The Balaban J connectivity index is 2.22. The van der Waals surface area contributed by atoms with Crippen LogP contribution in [0.2, 0.25) is 0 Å². The first-order chi connectivity index (χ1) is 7.88. The number of aliphatic hydroxyl groups excluding tert-OH is 1. The molecule has 0 saturated heterocycles. The molecule has 0 aliphatic rings. The van der Waals surface area contributed by atoms with E-state index < -0.39 is 6.10 Å². The van der Waals surface area contributed by atoms with Crippen molar-refractivity contribution >= 4 is 5.91 Å². The Bertz CT molecular complexity index is 341. The smallest absolute Gasteiger partial charge is 0.234 e. The fourth-order valence-corrected chi connectivity index (χ4v) is 1.37. The third-order valence-corrected chi connectivity index (χ3v) is 2.01. The summed E-state index contributed by atoms with van der Waals surface area (Å²) in [7, 11) is 0. The van der Waals surface area contributed by atoms with Crippen molar-refractivity contribution in [1.29, 1.82) is 0 Å². The zero-order valence-electron chi connectivity index (χ0n) is 10.5. The molecule has 1 aromatic rings. The van der Waals surface area contributed by atoms with Gasteiger partial charge in [0.15, 0.2) is 0 Å². The molecule has 5 heteroatoms. The number of hydrogen-bond donors (Lipinski definition) is 3. The molecule has 1 unspecified atom stereocenters. The minimum atomic E-state index is -0.729. The van der Waals surface area contributed by atoms with Crippen molar-refractivity contribution in [3.05, 3.63) is 24.2 Å². The second-order valence-electron chi connectivity index (χ2n) is 4.96. The van der Waals surface area contributed by atoms with Gasteiger partial charge in [-0.3, -0.25) is 4.79 Å². The van der Waals surface area contributed by atoms with Crippen LogP contribution in [0.25, 0.3) is 0 Å². The highest BCUT2D eigenvalue weighted by Gasteiger charge is 2.14. The monoisotopic (exact) mass is 240 g/mol. The Morgan fingerprint density at radius 1 is 1.53 bits per heavy atom. The van der Waals surface area contributed by atoms with E-state index in [0.717, 1.165) is 0 Å². The summed E-state index contributed by atoms with van der Waals surface area (Å²) in [6, 6.07) is 3.41. The van der Waals surface area contributed by atoms with Crippen LogP contribution in [-0.2, 0) is 4.79 Å². The predicted molar refractivity (Wildman–Crippen MR) is 64.4 cm³/mol.